The Morgan fingerprint density at radius 2 is 1.78 bits per heavy atom. The SMILES string of the molecule is Cc1ccccc1C1CN(c2nc(-c3ccncc3)nc(C)c2C)CCO1. The van der Waals surface area contributed by atoms with E-state index in [-0.39, 0.29) is 6.10 Å². The zero-order valence-electron chi connectivity index (χ0n) is 16.0. The molecule has 0 radical (unpaired) electrons. The quantitative estimate of drug-likeness (QED) is 0.705. The first-order chi connectivity index (χ1) is 13.1. The van der Waals surface area contributed by atoms with E-state index < -0.39 is 0 Å². The molecule has 5 nitrogen and oxygen atoms in total. The average molecular weight is 360 g/mol. The summed E-state index contributed by atoms with van der Waals surface area (Å²) in [5.74, 6) is 1.74. The van der Waals surface area contributed by atoms with E-state index in [1.54, 1.807) is 12.4 Å². The van der Waals surface area contributed by atoms with Crippen LogP contribution in [0.3, 0.4) is 0 Å². The third-order valence-electron chi connectivity index (χ3n) is 5.20. The Morgan fingerprint density at radius 1 is 1.00 bits per heavy atom. The number of nitrogens with zero attached hydrogens (tertiary/aromatic N) is 4. The molecular formula is C22H24N4O. The van der Waals surface area contributed by atoms with E-state index in [2.05, 4.69) is 48.0 Å². The summed E-state index contributed by atoms with van der Waals surface area (Å²) >= 11 is 0. The van der Waals surface area contributed by atoms with Crippen LogP contribution < -0.4 is 4.90 Å². The first-order valence-electron chi connectivity index (χ1n) is 9.31. The maximum Gasteiger partial charge on any atom is 0.161 e. The van der Waals surface area contributed by atoms with Crippen molar-refractivity contribution >= 4 is 5.82 Å². The molecule has 4 rings (SSSR count). The fourth-order valence-corrected chi connectivity index (χ4v) is 3.53. The van der Waals surface area contributed by atoms with Crippen molar-refractivity contribution in [2.24, 2.45) is 0 Å². The molecule has 2 aromatic heterocycles. The fourth-order valence-electron chi connectivity index (χ4n) is 3.53. The van der Waals surface area contributed by atoms with Crippen molar-refractivity contribution in [2.45, 2.75) is 26.9 Å². The van der Waals surface area contributed by atoms with E-state index in [0.717, 1.165) is 41.6 Å². The van der Waals surface area contributed by atoms with Crippen molar-refractivity contribution in [3.8, 4) is 11.4 Å². The van der Waals surface area contributed by atoms with Crippen molar-refractivity contribution < 1.29 is 4.74 Å². The Hall–Kier alpha value is -2.79. The predicted molar refractivity (Wildman–Crippen MR) is 107 cm³/mol. The van der Waals surface area contributed by atoms with Crippen molar-refractivity contribution in [3.63, 3.8) is 0 Å². The number of aromatic nitrogens is 3. The molecule has 0 aliphatic carbocycles. The van der Waals surface area contributed by atoms with Crippen LogP contribution in [0.1, 0.15) is 28.5 Å². The number of morpholine rings is 1. The lowest BCUT2D eigenvalue weighted by atomic mass is 10.0. The molecule has 0 saturated carbocycles. The van der Waals surface area contributed by atoms with Gasteiger partial charge >= 0.3 is 0 Å². The first kappa shape index (κ1) is 17.6. The second-order valence-corrected chi connectivity index (χ2v) is 6.98. The topological polar surface area (TPSA) is 51.1 Å². The smallest absolute Gasteiger partial charge is 0.161 e. The van der Waals surface area contributed by atoms with E-state index in [9.17, 15) is 0 Å². The van der Waals surface area contributed by atoms with Gasteiger partial charge in [0.05, 0.1) is 6.61 Å². The number of aryl methyl sites for hydroxylation is 2. The van der Waals surface area contributed by atoms with Crippen LogP contribution in [-0.2, 0) is 4.74 Å². The molecule has 1 atom stereocenters. The van der Waals surface area contributed by atoms with Crippen LogP contribution in [0.25, 0.3) is 11.4 Å². The van der Waals surface area contributed by atoms with Crippen LogP contribution in [0.4, 0.5) is 5.82 Å². The van der Waals surface area contributed by atoms with Crippen molar-refractivity contribution in [3.05, 3.63) is 71.2 Å². The van der Waals surface area contributed by atoms with Crippen LogP contribution in [0.2, 0.25) is 0 Å². The molecule has 5 heteroatoms. The van der Waals surface area contributed by atoms with Gasteiger partial charge in [-0.25, -0.2) is 9.97 Å². The van der Waals surface area contributed by atoms with Crippen LogP contribution in [-0.4, -0.2) is 34.6 Å². The molecule has 0 spiro atoms. The van der Waals surface area contributed by atoms with E-state index in [1.165, 1.54) is 11.1 Å². The highest BCUT2D eigenvalue weighted by atomic mass is 16.5. The standard InChI is InChI=1S/C22H24N4O/c1-15-6-4-5-7-19(15)20-14-26(12-13-27-20)22-16(2)17(3)24-21(25-22)18-8-10-23-11-9-18/h4-11,20H,12-14H2,1-3H3. The normalized spacial score (nSPS) is 17.1. The Morgan fingerprint density at radius 3 is 2.56 bits per heavy atom. The summed E-state index contributed by atoms with van der Waals surface area (Å²) in [7, 11) is 0. The molecule has 3 heterocycles. The van der Waals surface area contributed by atoms with Gasteiger partial charge in [-0.1, -0.05) is 24.3 Å². The van der Waals surface area contributed by atoms with Gasteiger partial charge in [-0.05, 0) is 44.0 Å². The summed E-state index contributed by atoms with van der Waals surface area (Å²) in [4.78, 5) is 16.0. The summed E-state index contributed by atoms with van der Waals surface area (Å²) in [6.45, 7) is 8.59. The maximum atomic E-state index is 6.09. The zero-order chi connectivity index (χ0) is 18.8. The number of pyridine rings is 1. The lowest BCUT2D eigenvalue weighted by Crippen LogP contribution is -2.39. The number of benzene rings is 1. The molecule has 3 aromatic rings. The lowest BCUT2D eigenvalue weighted by Gasteiger charge is -2.35. The van der Waals surface area contributed by atoms with Crippen LogP contribution in [0, 0.1) is 20.8 Å². The Balaban J connectivity index is 1.68. The number of ether oxygens (including phenoxy) is 1. The second kappa shape index (κ2) is 7.45. The van der Waals surface area contributed by atoms with Crippen molar-refractivity contribution in [2.75, 3.05) is 24.6 Å². The average Bonchev–Trinajstić information content (AvgIpc) is 2.71. The van der Waals surface area contributed by atoms with Gasteiger partial charge in [-0.15, -0.1) is 0 Å². The molecule has 0 amide bonds. The molecule has 1 saturated heterocycles. The molecule has 1 aliphatic heterocycles. The lowest BCUT2D eigenvalue weighted by molar-refractivity contribution is 0.0391. The Bertz CT molecular complexity index is 942. The highest BCUT2D eigenvalue weighted by Crippen LogP contribution is 2.30. The summed E-state index contributed by atoms with van der Waals surface area (Å²) in [5, 5.41) is 0. The number of anilines is 1. The molecule has 0 bridgehead atoms. The van der Waals surface area contributed by atoms with Gasteiger partial charge in [0.15, 0.2) is 5.82 Å². The predicted octanol–water partition coefficient (Wildman–Crippen LogP) is 4.04. The molecular weight excluding hydrogens is 336 g/mol. The number of hydrogen-bond donors (Lipinski definition) is 0. The van der Waals surface area contributed by atoms with Crippen LogP contribution >= 0.6 is 0 Å². The molecule has 138 valence electrons. The van der Waals surface area contributed by atoms with Crippen molar-refractivity contribution in [1.82, 2.24) is 15.0 Å². The second-order valence-electron chi connectivity index (χ2n) is 6.98. The van der Waals surface area contributed by atoms with Gasteiger partial charge in [0.25, 0.3) is 0 Å². The van der Waals surface area contributed by atoms with Crippen LogP contribution in [0.5, 0.6) is 0 Å². The highest BCUT2D eigenvalue weighted by molar-refractivity contribution is 5.60. The summed E-state index contributed by atoms with van der Waals surface area (Å²) in [6, 6.07) is 12.3. The third kappa shape index (κ3) is 3.55. The minimum atomic E-state index is 0.0546. The number of hydrogen-bond acceptors (Lipinski definition) is 5. The summed E-state index contributed by atoms with van der Waals surface area (Å²) in [6.07, 6.45) is 3.60. The zero-order valence-corrected chi connectivity index (χ0v) is 16.0. The van der Waals surface area contributed by atoms with Crippen LogP contribution in [0.15, 0.2) is 48.8 Å². The molecule has 1 unspecified atom stereocenters. The van der Waals surface area contributed by atoms with Gasteiger partial charge in [0.1, 0.15) is 11.9 Å². The largest absolute Gasteiger partial charge is 0.370 e. The monoisotopic (exact) mass is 360 g/mol. The molecule has 1 fully saturated rings. The van der Waals surface area contributed by atoms with Gasteiger partial charge in [0.2, 0.25) is 0 Å². The van der Waals surface area contributed by atoms with E-state index in [4.69, 9.17) is 14.7 Å². The Kier molecular flexibility index (Phi) is 4.86. The first-order valence-corrected chi connectivity index (χ1v) is 9.31. The van der Waals surface area contributed by atoms with Gasteiger partial charge in [-0.2, -0.15) is 0 Å². The van der Waals surface area contributed by atoms with Gasteiger partial charge in [-0.3, -0.25) is 4.98 Å². The minimum Gasteiger partial charge on any atom is -0.370 e. The fraction of sp³-hybridized carbons (Fsp3) is 0.318. The van der Waals surface area contributed by atoms with Gasteiger partial charge in [0, 0.05) is 42.3 Å². The summed E-state index contributed by atoms with van der Waals surface area (Å²) in [5.41, 5.74) is 5.62. The van der Waals surface area contributed by atoms with E-state index >= 15 is 0 Å². The molecule has 0 N–H and O–H groups in total. The maximum absolute atomic E-state index is 6.09. The summed E-state index contributed by atoms with van der Waals surface area (Å²) < 4.78 is 6.09. The van der Waals surface area contributed by atoms with Gasteiger partial charge < -0.3 is 9.64 Å². The highest BCUT2D eigenvalue weighted by Gasteiger charge is 2.26. The van der Waals surface area contributed by atoms with Crippen molar-refractivity contribution in [1.29, 1.82) is 0 Å². The molecule has 1 aliphatic rings. The third-order valence-corrected chi connectivity index (χ3v) is 5.20. The Labute approximate surface area is 160 Å². The minimum absolute atomic E-state index is 0.0546. The van der Waals surface area contributed by atoms with E-state index in [1.807, 2.05) is 19.1 Å². The van der Waals surface area contributed by atoms with E-state index in [0.29, 0.717) is 6.61 Å². The number of rotatable bonds is 3. The molecule has 27 heavy (non-hydrogen) atoms. The molecule has 1 aromatic carbocycles.